The van der Waals surface area contributed by atoms with E-state index < -0.39 is 17.9 Å². The van der Waals surface area contributed by atoms with E-state index in [1.807, 2.05) is 0 Å². The van der Waals surface area contributed by atoms with E-state index in [4.69, 9.17) is 0 Å². The molecule has 0 radical (unpaired) electrons. The summed E-state index contributed by atoms with van der Waals surface area (Å²) in [5, 5.41) is 2.61. The van der Waals surface area contributed by atoms with Gasteiger partial charge < -0.3 is 10.2 Å². The third kappa shape index (κ3) is 6.26. The molecule has 0 saturated heterocycles. The van der Waals surface area contributed by atoms with Crippen LogP contribution in [-0.2, 0) is 16.1 Å². The SMILES string of the molecule is CCN(Cc1cccc(NC(=O)CSc2ccccc2F)c1)C(=O)C(F)(F)F. The quantitative estimate of drug-likeness (QED) is 0.537. The average Bonchev–Trinajstić information content (AvgIpc) is 2.64. The van der Waals surface area contributed by atoms with Gasteiger partial charge in [-0.05, 0) is 36.8 Å². The van der Waals surface area contributed by atoms with Gasteiger partial charge >= 0.3 is 12.1 Å². The van der Waals surface area contributed by atoms with E-state index in [0.29, 0.717) is 21.0 Å². The molecule has 0 bridgehead atoms. The predicted octanol–water partition coefficient (Wildman–Crippen LogP) is 4.47. The highest BCUT2D eigenvalue weighted by molar-refractivity contribution is 8.00. The van der Waals surface area contributed by atoms with Crippen LogP contribution in [0.25, 0.3) is 0 Å². The molecule has 0 aromatic heterocycles. The monoisotopic (exact) mass is 414 g/mol. The molecule has 0 spiro atoms. The highest BCUT2D eigenvalue weighted by Gasteiger charge is 2.41. The molecule has 0 aliphatic heterocycles. The van der Waals surface area contributed by atoms with Gasteiger partial charge in [0.25, 0.3) is 0 Å². The number of carbonyl (C=O) groups excluding carboxylic acids is 2. The molecule has 2 amide bonds. The first-order chi connectivity index (χ1) is 13.2. The number of nitrogens with zero attached hydrogens (tertiary/aromatic N) is 1. The molecule has 0 saturated carbocycles. The van der Waals surface area contributed by atoms with E-state index in [9.17, 15) is 27.2 Å². The van der Waals surface area contributed by atoms with Crippen LogP contribution in [0.5, 0.6) is 0 Å². The number of alkyl halides is 3. The number of thioether (sulfide) groups is 1. The molecular formula is C19H18F4N2O2S. The smallest absolute Gasteiger partial charge is 0.331 e. The summed E-state index contributed by atoms with van der Waals surface area (Å²) in [4.78, 5) is 24.5. The number of halogens is 4. The van der Waals surface area contributed by atoms with E-state index in [1.54, 1.807) is 36.4 Å². The maximum absolute atomic E-state index is 13.6. The third-order valence-corrected chi connectivity index (χ3v) is 4.74. The Kier molecular flexibility index (Phi) is 7.45. The molecule has 0 aliphatic carbocycles. The molecule has 0 unspecified atom stereocenters. The Labute approximate surface area is 163 Å². The second-order valence-electron chi connectivity index (χ2n) is 5.78. The Hall–Kier alpha value is -2.55. The van der Waals surface area contributed by atoms with Crippen LogP contribution < -0.4 is 5.32 Å². The summed E-state index contributed by atoms with van der Waals surface area (Å²) in [6.45, 7) is 1.12. The van der Waals surface area contributed by atoms with E-state index in [-0.39, 0.29) is 24.7 Å². The van der Waals surface area contributed by atoms with Gasteiger partial charge in [0.15, 0.2) is 0 Å². The van der Waals surface area contributed by atoms with Crippen molar-refractivity contribution in [1.82, 2.24) is 4.90 Å². The summed E-state index contributed by atoms with van der Waals surface area (Å²) in [6.07, 6.45) is -4.94. The van der Waals surface area contributed by atoms with Crippen molar-refractivity contribution in [2.24, 2.45) is 0 Å². The first kappa shape index (κ1) is 21.7. The van der Waals surface area contributed by atoms with Crippen molar-refractivity contribution in [2.75, 3.05) is 17.6 Å². The number of carbonyl (C=O) groups is 2. The standard InChI is InChI=1S/C19H18F4N2O2S/c1-2-25(18(27)19(21,22)23)11-13-6-5-7-14(10-13)24-17(26)12-28-16-9-4-3-8-15(16)20/h3-10H,2,11-12H2,1H3,(H,24,26). The molecule has 1 N–H and O–H groups in total. The van der Waals surface area contributed by atoms with Crippen molar-refractivity contribution in [3.63, 3.8) is 0 Å². The Morgan fingerprint density at radius 2 is 1.82 bits per heavy atom. The predicted molar refractivity (Wildman–Crippen MR) is 99.3 cm³/mol. The van der Waals surface area contributed by atoms with Crippen LogP contribution in [0.1, 0.15) is 12.5 Å². The second-order valence-corrected chi connectivity index (χ2v) is 6.80. The summed E-state index contributed by atoms with van der Waals surface area (Å²) >= 11 is 1.03. The third-order valence-electron chi connectivity index (χ3n) is 3.69. The van der Waals surface area contributed by atoms with Crippen molar-refractivity contribution < 1.29 is 27.2 Å². The lowest BCUT2D eigenvalue weighted by molar-refractivity contribution is -0.185. The maximum atomic E-state index is 13.6. The number of benzene rings is 2. The van der Waals surface area contributed by atoms with Gasteiger partial charge in [0.05, 0.1) is 5.75 Å². The Bertz CT molecular complexity index is 843. The van der Waals surface area contributed by atoms with Crippen molar-refractivity contribution in [1.29, 1.82) is 0 Å². The van der Waals surface area contributed by atoms with Crippen LogP contribution in [0.15, 0.2) is 53.4 Å². The zero-order valence-corrected chi connectivity index (χ0v) is 15.7. The van der Waals surface area contributed by atoms with Gasteiger partial charge in [-0.2, -0.15) is 13.2 Å². The molecule has 0 atom stereocenters. The number of nitrogens with one attached hydrogen (secondary N) is 1. The molecule has 4 nitrogen and oxygen atoms in total. The highest BCUT2D eigenvalue weighted by Crippen LogP contribution is 2.23. The fourth-order valence-electron chi connectivity index (χ4n) is 2.38. The Morgan fingerprint density at radius 1 is 1.11 bits per heavy atom. The summed E-state index contributed by atoms with van der Waals surface area (Å²) in [5.74, 6) is -2.75. The van der Waals surface area contributed by atoms with E-state index in [1.165, 1.54) is 19.1 Å². The average molecular weight is 414 g/mol. The lowest BCUT2D eigenvalue weighted by atomic mass is 10.2. The molecule has 150 valence electrons. The molecular weight excluding hydrogens is 396 g/mol. The number of amides is 2. The van der Waals surface area contributed by atoms with E-state index in [0.717, 1.165) is 11.8 Å². The van der Waals surface area contributed by atoms with Crippen LogP contribution in [0.3, 0.4) is 0 Å². The first-order valence-electron chi connectivity index (χ1n) is 8.33. The molecule has 28 heavy (non-hydrogen) atoms. The van der Waals surface area contributed by atoms with Gasteiger partial charge in [-0.3, -0.25) is 9.59 Å². The molecule has 2 aromatic carbocycles. The van der Waals surface area contributed by atoms with E-state index >= 15 is 0 Å². The zero-order chi connectivity index (χ0) is 20.7. The molecule has 0 fully saturated rings. The second kappa shape index (κ2) is 9.59. The van der Waals surface area contributed by atoms with Gasteiger partial charge in [0, 0.05) is 23.7 Å². The van der Waals surface area contributed by atoms with Crippen molar-refractivity contribution in [3.8, 4) is 0 Å². The minimum atomic E-state index is -4.94. The molecule has 9 heteroatoms. The lowest BCUT2D eigenvalue weighted by Gasteiger charge is -2.22. The van der Waals surface area contributed by atoms with Crippen molar-refractivity contribution in [3.05, 3.63) is 59.9 Å². The van der Waals surface area contributed by atoms with Gasteiger partial charge in [0.2, 0.25) is 5.91 Å². The van der Waals surface area contributed by atoms with Gasteiger partial charge in [-0.15, -0.1) is 11.8 Å². The number of rotatable bonds is 7. The number of anilines is 1. The summed E-state index contributed by atoms with van der Waals surface area (Å²) in [7, 11) is 0. The van der Waals surface area contributed by atoms with Crippen LogP contribution >= 0.6 is 11.8 Å². The summed E-state index contributed by atoms with van der Waals surface area (Å²) in [6, 6.07) is 12.3. The van der Waals surface area contributed by atoms with Crippen LogP contribution in [0.4, 0.5) is 23.2 Å². The highest BCUT2D eigenvalue weighted by atomic mass is 32.2. The van der Waals surface area contributed by atoms with Crippen LogP contribution in [0.2, 0.25) is 0 Å². The normalized spacial score (nSPS) is 11.2. The molecule has 2 rings (SSSR count). The minimum absolute atomic E-state index is 0.0290. The zero-order valence-electron chi connectivity index (χ0n) is 14.9. The van der Waals surface area contributed by atoms with E-state index in [2.05, 4.69) is 5.32 Å². The lowest BCUT2D eigenvalue weighted by Crippen LogP contribution is -2.40. The van der Waals surface area contributed by atoms with Crippen molar-refractivity contribution >= 4 is 29.3 Å². The largest absolute Gasteiger partial charge is 0.471 e. The summed E-state index contributed by atoms with van der Waals surface area (Å²) in [5.41, 5.74) is 0.825. The molecule has 2 aromatic rings. The first-order valence-corrected chi connectivity index (χ1v) is 9.31. The van der Waals surface area contributed by atoms with Gasteiger partial charge in [0.1, 0.15) is 5.82 Å². The maximum Gasteiger partial charge on any atom is 0.471 e. The topological polar surface area (TPSA) is 49.4 Å². The number of hydrogen-bond acceptors (Lipinski definition) is 3. The Morgan fingerprint density at radius 3 is 2.46 bits per heavy atom. The minimum Gasteiger partial charge on any atom is -0.331 e. The summed E-state index contributed by atoms with van der Waals surface area (Å²) < 4.78 is 51.4. The fraction of sp³-hybridized carbons (Fsp3) is 0.263. The van der Waals surface area contributed by atoms with Crippen molar-refractivity contribution in [2.45, 2.75) is 24.5 Å². The number of hydrogen-bond donors (Lipinski definition) is 1. The molecule has 0 aliphatic rings. The van der Waals surface area contributed by atoms with Crippen LogP contribution in [0, 0.1) is 5.82 Å². The van der Waals surface area contributed by atoms with Gasteiger partial charge in [-0.1, -0.05) is 24.3 Å². The van der Waals surface area contributed by atoms with Crippen LogP contribution in [-0.4, -0.2) is 35.2 Å². The molecule has 0 heterocycles. The van der Waals surface area contributed by atoms with Gasteiger partial charge in [-0.25, -0.2) is 4.39 Å². The fourth-order valence-corrected chi connectivity index (χ4v) is 3.12. The Balaban J connectivity index is 1.97.